The van der Waals surface area contributed by atoms with Crippen LogP contribution in [-0.2, 0) is 13.1 Å². The standard InChI is InChI=1S/C14H16N4S/c1-16-7-11-3-4-14(12(5-11)6-15)18(2)8-13-9-19-10-17-13/h3-5,9-10,16H,7-8H2,1-2H3. The molecule has 0 saturated carbocycles. The maximum atomic E-state index is 9.28. The van der Waals surface area contributed by atoms with E-state index in [4.69, 9.17) is 0 Å². The van der Waals surface area contributed by atoms with Gasteiger partial charge in [0.25, 0.3) is 0 Å². The molecule has 1 aromatic heterocycles. The molecule has 2 rings (SSSR count). The Morgan fingerprint density at radius 1 is 1.47 bits per heavy atom. The lowest BCUT2D eigenvalue weighted by molar-refractivity contribution is 0.816. The molecule has 0 saturated heterocycles. The van der Waals surface area contributed by atoms with E-state index in [1.165, 1.54) is 0 Å². The molecule has 0 aliphatic carbocycles. The van der Waals surface area contributed by atoms with E-state index in [2.05, 4.69) is 21.3 Å². The van der Waals surface area contributed by atoms with E-state index in [0.29, 0.717) is 12.1 Å². The van der Waals surface area contributed by atoms with E-state index in [1.807, 2.05) is 43.2 Å². The van der Waals surface area contributed by atoms with Crippen LogP contribution >= 0.6 is 11.3 Å². The van der Waals surface area contributed by atoms with Crippen LogP contribution in [0.3, 0.4) is 0 Å². The van der Waals surface area contributed by atoms with E-state index in [0.717, 1.165) is 23.5 Å². The van der Waals surface area contributed by atoms with Crippen molar-refractivity contribution in [2.75, 3.05) is 19.0 Å². The lowest BCUT2D eigenvalue weighted by Crippen LogP contribution is -2.18. The van der Waals surface area contributed by atoms with E-state index in [9.17, 15) is 5.26 Å². The summed E-state index contributed by atoms with van der Waals surface area (Å²) in [5.41, 5.74) is 5.60. The number of rotatable bonds is 5. The van der Waals surface area contributed by atoms with Crippen molar-refractivity contribution in [1.82, 2.24) is 10.3 Å². The summed E-state index contributed by atoms with van der Waals surface area (Å²) in [4.78, 5) is 6.32. The normalized spacial score (nSPS) is 10.2. The number of aromatic nitrogens is 1. The molecule has 0 aliphatic rings. The summed E-state index contributed by atoms with van der Waals surface area (Å²) >= 11 is 1.58. The number of thiazole rings is 1. The molecule has 0 amide bonds. The van der Waals surface area contributed by atoms with Crippen LogP contribution in [0, 0.1) is 11.3 Å². The first-order valence-electron chi connectivity index (χ1n) is 6.00. The number of nitrogens with zero attached hydrogens (tertiary/aromatic N) is 3. The number of hydrogen-bond donors (Lipinski definition) is 1. The molecule has 4 nitrogen and oxygen atoms in total. The topological polar surface area (TPSA) is 52.0 Å². The largest absolute Gasteiger partial charge is 0.368 e. The molecular weight excluding hydrogens is 256 g/mol. The summed E-state index contributed by atoms with van der Waals surface area (Å²) in [6.45, 7) is 1.48. The number of nitrogens with one attached hydrogen (secondary N) is 1. The van der Waals surface area contributed by atoms with Crippen molar-refractivity contribution in [3.05, 3.63) is 45.9 Å². The highest BCUT2D eigenvalue weighted by atomic mass is 32.1. The van der Waals surface area contributed by atoms with Gasteiger partial charge in [0.2, 0.25) is 0 Å². The van der Waals surface area contributed by atoms with Crippen molar-refractivity contribution in [3.8, 4) is 6.07 Å². The zero-order valence-corrected chi connectivity index (χ0v) is 11.9. The Bertz CT molecular complexity index is 572. The fourth-order valence-corrected chi connectivity index (χ4v) is 2.51. The van der Waals surface area contributed by atoms with Gasteiger partial charge in [0.1, 0.15) is 6.07 Å². The average Bonchev–Trinajstić information content (AvgIpc) is 2.91. The van der Waals surface area contributed by atoms with Gasteiger partial charge in [0.05, 0.1) is 29.0 Å². The van der Waals surface area contributed by atoms with Crippen molar-refractivity contribution in [1.29, 1.82) is 5.26 Å². The second kappa shape index (κ2) is 6.32. The lowest BCUT2D eigenvalue weighted by Gasteiger charge is -2.20. The summed E-state index contributed by atoms with van der Waals surface area (Å²) in [5, 5.41) is 14.4. The summed E-state index contributed by atoms with van der Waals surface area (Å²) in [6, 6.07) is 8.25. The van der Waals surface area contributed by atoms with Gasteiger partial charge in [-0.25, -0.2) is 4.98 Å². The molecule has 1 aromatic carbocycles. The van der Waals surface area contributed by atoms with Crippen LogP contribution in [0.1, 0.15) is 16.8 Å². The molecule has 0 aliphatic heterocycles. The minimum absolute atomic E-state index is 0.700. The molecule has 0 unspecified atom stereocenters. The molecule has 0 spiro atoms. The Balaban J connectivity index is 2.21. The Labute approximate surface area is 117 Å². The third-order valence-corrected chi connectivity index (χ3v) is 3.49. The van der Waals surface area contributed by atoms with Crippen LogP contribution in [0.25, 0.3) is 0 Å². The average molecular weight is 272 g/mol. The third kappa shape index (κ3) is 3.31. The van der Waals surface area contributed by atoms with Crippen LogP contribution in [-0.4, -0.2) is 19.1 Å². The predicted molar refractivity (Wildman–Crippen MR) is 78.1 cm³/mol. The van der Waals surface area contributed by atoms with Gasteiger partial charge < -0.3 is 10.2 Å². The zero-order valence-electron chi connectivity index (χ0n) is 11.1. The molecular formula is C14H16N4S. The van der Waals surface area contributed by atoms with Crippen molar-refractivity contribution in [2.24, 2.45) is 0 Å². The summed E-state index contributed by atoms with van der Waals surface area (Å²) in [6.07, 6.45) is 0. The van der Waals surface area contributed by atoms with Crippen LogP contribution in [0.15, 0.2) is 29.1 Å². The number of anilines is 1. The number of hydrogen-bond acceptors (Lipinski definition) is 5. The minimum atomic E-state index is 0.700. The fourth-order valence-electron chi connectivity index (χ4n) is 1.96. The van der Waals surface area contributed by atoms with Crippen LogP contribution in [0.2, 0.25) is 0 Å². The monoisotopic (exact) mass is 272 g/mol. The lowest BCUT2D eigenvalue weighted by atomic mass is 10.1. The van der Waals surface area contributed by atoms with Crippen molar-refractivity contribution >= 4 is 17.0 Å². The van der Waals surface area contributed by atoms with Crippen molar-refractivity contribution in [2.45, 2.75) is 13.1 Å². The van der Waals surface area contributed by atoms with Crippen LogP contribution in [0.4, 0.5) is 5.69 Å². The summed E-state index contributed by atoms with van der Waals surface area (Å²) in [5.74, 6) is 0. The molecule has 1 heterocycles. The van der Waals surface area contributed by atoms with E-state index < -0.39 is 0 Å². The zero-order chi connectivity index (χ0) is 13.7. The molecule has 0 fully saturated rings. The van der Waals surface area contributed by atoms with Gasteiger partial charge >= 0.3 is 0 Å². The first-order valence-corrected chi connectivity index (χ1v) is 6.94. The smallest absolute Gasteiger partial charge is 0.101 e. The molecule has 5 heteroatoms. The molecule has 0 bridgehead atoms. The van der Waals surface area contributed by atoms with Gasteiger partial charge in [-0.3, -0.25) is 0 Å². The highest BCUT2D eigenvalue weighted by Gasteiger charge is 2.09. The molecule has 0 radical (unpaired) electrons. The SMILES string of the molecule is CNCc1ccc(N(C)Cc2cscn2)c(C#N)c1. The predicted octanol–water partition coefficient (Wildman–Crippen LogP) is 2.37. The first kappa shape index (κ1) is 13.5. The van der Waals surface area contributed by atoms with Gasteiger partial charge in [0.15, 0.2) is 0 Å². The van der Waals surface area contributed by atoms with E-state index in [1.54, 1.807) is 11.3 Å². The maximum Gasteiger partial charge on any atom is 0.101 e. The Hall–Kier alpha value is -1.90. The Morgan fingerprint density at radius 3 is 2.95 bits per heavy atom. The fraction of sp³-hybridized carbons (Fsp3) is 0.286. The van der Waals surface area contributed by atoms with Gasteiger partial charge in [-0.15, -0.1) is 11.3 Å². The number of nitriles is 1. The third-order valence-electron chi connectivity index (χ3n) is 2.86. The molecule has 2 aromatic rings. The van der Waals surface area contributed by atoms with Crippen molar-refractivity contribution < 1.29 is 0 Å². The Kier molecular flexibility index (Phi) is 4.50. The van der Waals surface area contributed by atoms with Gasteiger partial charge in [0, 0.05) is 19.0 Å². The van der Waals surface area contributed by atoms with Crippen molar-refractivity contribution in [3.63, 3.8) is 0 Å². The Morgan fingerprint density at radius 2 is 2.32 bits per heavy atom. The second-order valence-electron chi connectivity index (χ2n) is 4.33. The van der Waals surface area contributed by atoms with Gasteiger partial charge in [-0.2, -0.15) is 5.26 Å². The molecule has 1 N–H and O–H groups in total. The quantitative estimate of drug-likeness (QED) is 0.908. The number of benzene rings is 1. The highest BCUT2D eigenvalue weighted by molar-refractivity contribution is 7.07. The van der Waals surface area contributed by atoms with Gasteiger partial charge in [-0.1, -0.05) is 6.07 Å². The van der Waals surface area contributed by atoms with E-state index in [-0.39, 0.29) is 0 Å². The molecule has 98 valence electrons. The minimum Gasteiger partial charge on any atom is -0.368 e. The van der Waals surface area contributed by atoms with Gasteiger partial charge in [-0.05, 0) is 24.7 Å². The second-order valence-corrected chi connectivity index (χ2v) is 5.05. The molecule has 0 atom stereocenters. The van der Waals surface area contributed by atoms with E-state index >= 15 is 0 Å². The van der Waals surface area contributed by atoms with Crippen LogP contribution in [0.5, 0.6) is 0 Å². The highest BCUT2D eigenvalue weighted by Crippen LogP contribution is 2.22. The first-order chi connectivity index (χ1) is 9.24. The summed E-state index contributed by atoms with van der Waals surface area (Å²) in [7, 11) is 3.88. The maximum absolute atomic E-state index is 9.28. The molecule has 19 heavy (non-hydrogen) atoms. The summed E-state index contributed by atoms with van der Waals surface area (Å²) < 4.78 is 0. The van der Waals surface area contributed by atoms with Crippen LogP contribution < -0.4 is 10.2 Å².